The first-order valence-electron chi connectivity index (χ1n) is 7.61. The Labute approximate surface area is 141 Å². The maximum atomic E-state index is 11.8. The average Bonchev–Trinajstić information content (AvgIpc) is 2.54. The monoisotopic (exact) mass is 379 g/mol. The molecule has 1 saturated carbocycles. The summed E-state index contributed by atoms with van der Waals surface area (Å²) in [5.74, 6) is 0.576. The lowest BCUT2D eigenvalue weighted by molar-refractivity contribution is 0.127. The van der Waals surface area contributed by atoms with Gasteiger partial charge in [-0.3, -0.25) is 9.59 Å². The Kier molecular flexibility index (Phi) is 4.66. The van der Waals surface area contributed by atoms with Crippen molar-refractivity contribution >= 4 is 15.9 Å². The standard InChI is InChI=1S/C16H18BrN3O3/c1-19-10-13(17)14(9-16(19)22)23-12-6-4-11(5-7-12)20-15(21)3-2-8-18-20/h2-3,8-12H,4-7H2,1H3. The van der Waals surface area contributed by atoms with Crippen LogP contribution in [-0.4, -0.2) is 20.5 Å². The molecule has 7 heteroatoms. The summed E-state index contributed by atoms with van der Waals surface area (Å²) >= 11 is 3.43. The van der Waals surface area contributed by atoms with Crippen molar-refractivity contribution in [3.05, 3.63) is 55.8 Å². The van der Waals surface area contributed by atoms with Crippen LogP contribution in [0, 0.1) is 0 Å². The summed E-state index contributed by atoms with van der Waals surface area (Å²) in [6.45, 7) is 0. The van der Waals surface area contributed by atoms with Crippen molar-refractivity contribution in [2.75, 3.05) is 0 Å². The quantitative estimate of drug-likeness (QED) is 0.820. The van der Waals surface area contributed by atoms with Crippen LogP contribution >= 0.6 is 15.9 Å². The number of aryl methyl sites for hydroxylation is 1. The second-order valence-corrected chi connectivity index (χ2v) is 6.64. The summed E-state index contributed by atoms with van der Waals surface area (Å²) in [6, 6.07) is 4.81. The van der Waals surface area contributed by atoms with Gasteiger partial charge in [-0.15, -0.1) is 0 Å². The van der Waals surface area contributed by atoms with Gasteiger partial charge in [0, 0.05) is 31.6 Å². The van der Waals surface area contributed by atoms with Crippen molar-refractivity contribution in [2.24, 2.45) is 7.05 Å². The fourth-order valence-corrected chi connectivity index (χ4v) is 3.42. The second kappa shape index (κ2) is 6.70. The molecule has 2 aromatic heterocycles. The first-order chi connectivity index (χ1) is 11.0. The summed E-state index contributed by atoms with van der Waals surface area (Å²) in [5.41, 5.74) is -0.164. The number of pyridine rings is 1. The van der Waals surface area contributed by atoms with E-state index in [0.29, 0.717) is 5.75 Å². The number of ether oxygens (including phenoxy) is 1. The van der Waals surface area contributed by atoms with E-state index < -0.39 is 0 Å². The largest absolute Gasteiger partial charge is 0.489 e. The lowest BCUT2D eigenvalue weighted by Crippen LogP contribution is -2.32. The SMILES string of the molecule is Cn1cc(Br)c(OC2CCC(n3ncccc3=O)CC2)cc1=O. The second-order valence-electron chi connectivity index (χ2n) is 5.79. The molecule has 3 rings (SSSR count). The topological polar surface area (TPSA) is 66.1 Å². The van der Waals surface area contributed by atoms with Gasteiger partial charge in [-0.2, -0.15) is 5.10 Å². The Morgan fingerprint density at radius 3 is 2.65 bits per heavy atom. The van der Waals surface area contributed by atoms with Crippen LogP contribution in [0.5, 0.6) is 5.75 Å². The maximum Gasteiger partial charge on any atom is 0.266 e. The number of hydrogen-bond donors (Lipinski definition) is 0. The number of nitrogens with zero attached hydrogens (tertiary/aromatic N) is 3. The molecule has 0 saturated heterocycles. The third-order valence-electron chi connectivity index (χ3n) is 4.17. The highest BCUT2D eigenvalue weighted by Crippen LogP contribution is 2.31. The van der Waals surface area contributed by atoms with Gasteiger partial charge in [-0.05, 0) is 47.7 Å². The molecule has 0 radical (unpaired) electrons. The molecule has 122 valence electrons. The molecule has 6 nitrogen and oxygen atoms in total. The van der Waals surface area contributed by atoms with E-state index in [1.54, 1.807) is 30.2 Å². The Morgan fingerprint density at radius 2 is 1.96 bits per heavy atom. The van der Waals surface area contributed by atoms with Gasteiger partial charge in [-0.1, -0.05) is 0 Å². The number of aromatic nitrogens is 3. The van der Waals surface area contributed by atoms with Gasteiger partial charge in [-0.25, -0.2) is 4.68 Å². The smallest absolute Gasteiger partial charge is 0.266 e. The summed E-state index contributed by atoms with van der Waals surface area (Å²) < 4.78 is 9.80. The number of halogens is 1. The van der Waals surface area contributed by atoms with Gasteiger partial charge in [0.25, 0.3) is 11.1 Å². The summed E-state index contributed by atoms with van der Waals surface area (Å²) in [6.07, 6.45) is 6.73. The highest BCUT2D eigenvalue weighted by molar-refractivity contribution is 9.10. The van der Waals surface area contributed by atoms with Crippen LogP contribution in [0.15, 0.2) is 44.7 Å². The van der Waals surface area contributed by atoms with Crippen LogP contribution in [0.4, 0.5) is 0 Å². The van der Waals surface area contributed by atoms with E-state index in [9.17, 15) is 9.59 Å². The normalized spacial score (nSPS) is 21.1. The Bertz CT molecular complexity index is 807. The van der Waals surface area contributed by atoms with Crippen LogP contribution in [0.25, 0.3) is 0 Å². The fraction of sp³-hybridized carbons (Fsp3) is 0.438. The molecule has 2 aromatic rings. The first kappa shape index (κ1) is 16.0. The Hall–Kier alpha value is -1.89. The molecule has 0 amide bonds. The zero-order valence-corrected chi connectivity index (χ0v) is 14.4. The molecule has 0 aromatic carbocycles. The Morgan fingerprint density at radius 1 is 1.22 bits per heavy atom. The zero-order chi connectivity index (χ0) is 16.4. The minimum atomic E-state index is -0.100. The van der Waals surface area contributed by atoms with Crippen molar-refractivity contribution in [1.29, 1.82) is 0 Å². The molecular formula is C16H18BrN3O3. The molecule has 0 N–H and O–H groups in total. The van der Waals surface area contributed by atoms with Gasteiger partial charge in [0.1, 0.15) is 5.75 Å². The first-order valence-corrected chi connectivity index (χ1v) is 8.40. The molecule has 0 spiro atoms. The number of rotatable bonds is 3. The van der Waals surface area contributed by atoms with E-state index in [1.165, 1.54) is 16.7 Å². The van der Waals surface area contributed by atoms with Gasteiger partial charge in [0.05, 0.1) is 16.6 Å². The molecule has 0 aliphatic heterocycles. The lowest BCUT2D eigenvalue weighted by Gasteiger charge is -2.29. The van der Waals surface area contributed by atoms with E-state index >= 15 is 0 Å². The van der Waals surface area contributed by atoms with Gasteiger partial charge >= 0.3 is 0 Å². The molecule has 23 heavy (non-hydrogen) atoms. The minimum Gasteiger partial charge on any atom is -0.489 e. The van der Waals surface area contributed by atoms with Crippen LogP contribution in [0.3, 0.4) is 0 Å². The van der Waals surface area contributed by atoms with E-state index in [1.807, 2.05) is 0 Å². The highest BCUT2D eigenvalue weighted by atomic mass is 79.9. The fourth-order valence-electron chi connectivity index (χ4n) is 2.90. The third-order valence-corrected chi connectivity index (χ3v) is 4.77. The van der Waals surface area contributed by atoms with Gasteiger partial charge in [0.2, 0.25) is 0 Å². The van der Waals surface area contributed by atoms with Crippen molar-refractivity contribution in [3.8, 4) is 5.75 Å². The molecule has 2 heterocycles. The average molecular weight is 380 g/mol. The summed E-state index contributed by atoms with van der Waals surface area (Å²) in [7, 11) is 1.70. The van der Waals surface area contributed by atoms with E-state index in [-0.39, 0.29) is 23.3 Å². The van der Waals surface area contributed by atoms with Gasteiger partial charge in [0.15, 0.2) is 0 Å². The van der Waals surface area contributed by atoms with Crippen LogP contribution in [0.2, 0.25) is 0 Å². The minimum absolute atomic E-state index is 0.0501. The third kappa shape index (κ3) is 3.55. The predicted molar refractivity (Wildman–Crippen MR) is 89.8 cm³/mol. The van der Waals surface area contributed by atoms with Crippen LogP contribution in [0.1, 0.15) is 31.7 Å². The van der Waals surface area contributed by atoms with E-state index in [4.69, 9.17) is 4.74 Å². The molecular weight excluding hydrogens is 362 g/mol. The molecule has 1 aliphatic carbocycles. The molecule has 0 atom stereocenters. The predicted octanol–water partition coefficient (Wildman–Crippen LogP) is 2.27. The molecule has 0 unspecified atom stereocenters. The molecule has 1 aliphatic rings. The van der Waals surface area contributed by atoms with E-state index in [2.05, 4.69) is 21.0 Å². The van der Waals surface area contributed by atoms with Gasteiger partial charge < -0.3 is 9.30 Å². The molecule has 1 fully saturated rings. The van der Waals surface area contributed by atoms with Crippen molar-refractivity contribution in [1.82, 2.24) is 14.3 Å². The maximum absolute atomic E-state index is 11.8. The van der Waals surface area contributed by atoms with Crippen molar-refractivity contribution < 1.29 is 4.74 Å². The van der Waals surface area contributed by atoms with Crippen LogP contribution in [-0.2, 0) is 7.05 Å². The number of hydrogen-bond acceptors (Lipinski definition) is 4. The van der Waals surface area contributed by atoms with Crippen LogP contribution < -0.4 is 15.9 Å². The summed E-state index contributed by atoms with van der Waals surface area (Å²) in [5, 5.41) is 4.16. The highest BCUT2D eigenvalue weighted by Gasteiger charge is 2.25. The van der Waals surface area contributed by atoms with E-state index in [0.717, 1.165) is 30.2 Å². The summed E-state index contributed by atoms with van der Waals surface area (Å²) in [4.78, 5) is 23.6. The zero-order valence-electron chi connectivity index (χ0n) is 12.8. The lowest BCUT2D eigenvalue weighted by atomic mass is 9.93. The Balaban J connectivity index is 1.66. The van der Waals surface area contributed by atoms with Crippen molar-refractivity contribution in [3.63, 3.8) is 0 Å². The van der Waals surface area contributed by atoms with Crippen molar-refractivity contribution in [2.45, 2.75) is 37.8 Å². The molecule has 0 bridgehead atoms.